The van der Waals surface area contributed by atoms with Crippen molar-refractivity contribution in [3.8, 4) is 11.4 Å². The monoisotopic (exact) mass is 226 g/mol. The van der Waals surface area contributed by atoms with Crippen molar-refractivity contribution in [2.45, 2.75) is 6.61 Å². The SMILES string of the molecule is OCc1cnc(-c2ccc3nccnc3c2)[nH]1. The number of hydrogen-bond donors (Lipinski definition) is 2. The van der Waals surface area contributed by atoms with Gasteiger partial charge in [0, 0.05) is 18.0 Å². The Hall–Kier alpha value is -2.27. The lowest BCUT2D eigenvalue weighted by atomic mass is 10.2. The van der Waals surface area contributed by atoms with E-state index >= 15 is 0 Å². The number of benzene rings is 1. The van der Waals surface area contributed by atoms with Gasteiger partial charge in [-0.15, -0.1) is 0 Å². The molecule has 0 saturated heterocycles. The van der Waals surface area contributed by atoms with Crippen molar-refractivity contribution in [1.29, 1.82) is 0 Å². The summed E-state index contributed by atoms with van der Waals surface area (Å²) in [6.07, 6.45) is 4.95. The average molecular weight is 226 g/mol. The van der Waals surface area contributed by atoms with Gasteiger partial charge in [-0.25, -0.2) is 4.98 Å². The molecule has 17 heavy (non-hydrogen) atoms. The first-order valence-electron chi connectivity index (χ1n) is 5.23. The molecule has 0 atom stereocenters. The molecule has 0 amide bonds. The van der Waals surface area contributed by atoms with Crippen LogP contribution in [0.4, 0.5) is 0 Å². The third kappa shape index (κ3) is 1.76. The van der Waals surface area contributed by atoms with Gasteiger partial charge in [0.15, 0.2) is 0 Å². The zero-order valence-corrected chi connectivity index (χ0v) is 8.96. The molecule has 2 heterocycles. The van der Waals surface area contributed by atoms with Crippen molar-refractivity contribution in [3.63, 3.8) is 0 Å². The van der Waals surface area contributed by atoms with Gasteiger partial charge >= 0.3 is 0 Å². The zero-order valence-electron chi connectivity index (χ0n) is 8.96. The summed E-state index contributed by atoms with van der Waals surface area (Å²) in [4.78, 5) is 15.7. The van der Waals surface area contributed by atoms with Gasteiger partial charge in [0.2, 0.25) is 0 Å². The van der Waals surface area contributed by atoms with Crippen LogP contribution in [0.2, 0.25) is 0 Å². The topological polar surface area (TPSA) is 74.7 Å². The van der Waals surface area contributed by atoms with E-state index in [1.165, 1.54) is 0 Å². The van der Waals surface area contributed by atoms with Crippen LogP contribution in [0.3, 0.4) is 0 Å². The lowest BCUT2D eigenvalue weighted by molar-refractivity contribution is 0.277. The Morgan fingerprint density at radius 1 is 1.06 bits per heavy atom. The summed E-state index contributed by atoms with van der Waals surface area (Å²) >= 11 is 0. The third-order valence-electron chi connectivity index (χ3n) is 2.54. The van der Waals surface area contributed by atoms with E-state index in [4.69, 9.17) is 5.11 Å². The summed E-state index contributed by atoms with van der Waals surface area (Å²) in [5, 5.41) is 8.98. The summed E-state index contributed by atoms with van der Waals surface area (Å²) in [5.41, 5.74) is 3.30. The van der Waals surface area contributed by atoms with Crippen LogP contribution in [-0.4, -0.2) is 25.0 Å². The minimum Gasteiger partial charge on any atom is -0.390 e. The number of fused-ring (bicyclic) bond motifs is 1. The van der Waals surface area contributed by atoms with E-state index in [0.717, 1.165) is 22.4 Å². The lowest BCUT2D eigenvalue weighted by Gasteiger charge is -1.99. The fraction of sp³-hybridized carbons (Fsp3) is 0.0833. The molecule has 0 fully saturated rings. The molecule has 3 rings (SSSR count). The number of nitrogens with zero attached hydrogens (tertiary/aromatic N) is 3. The molecule has 0 aliphatic carbocycles. The molecule has 0 unspecified atom stereocenters. The fourth-order valence-corrected chi connectivity index (χ4v) is 1.70. The summed E-state index contributed by atoms with van der Waals surface area (Å²) in [7, 11) is 0. The minimum atomic E-state index is -0.0413. The van der Waals surface area contributed by atoms with Crippen LogP contribution in [-0.2, 0) is 6.61 Å². The van der Waals surface area contributed by atoms with E-state index in [1.54, 1.807) is 18.6 Å². The van der Waals surface area contributed by atoms with Crippen molar-refractivity contribution in [2.75, 3.05) is 0 Å². The highest BCUT2D eigenvalue weighted by Gasteiger charge is 2.04. The molecule has 1 aromatic carbocycles. The Morgan fingerprint density at radius 2 is 1.88 bits per heavy atom. The molecule has 2 N–H and O–H groups in total. The number of H-pyrrole nitrogens is 1. The number of nitrogens with one attached hydrogen (secondary N) is 1. The normalized spacial score (nSPS) is 10.9. The third-order valence-corrected chi connectivity index (χ3v) is 2.54. The van der Waals surface area contributed by atoms with Crippen molar-refractivity contribution in [2.24, 2.45) is 0 Å². The number of rotatable bonds is 2. The molecule has 3 aromatic rings. The first-order chi connectivity index (χ1) is 8.36. The Labute approximate surface area is 97.2 Å². The zero-order chi connectivity index (χ0) is 11.7. The first-order valence-corrected chi connectivity index (χ1v) is 5.23. The molecular formula is C12H10N4O. The van der Waals surface area contributed by atoms with E-state index in [2.05, 4.69) is 19.9 Å². The molecule has 5 heteroatoms. The molecule has 0 radical (unpaired) electrons. The van der Waals surface area contributed by atoms with Crippen molar-refractivity contribution in [3.05, 3.63) is 42.5 Å². The van der Waals surface area contributed by atoms with Crippen molar-refractivity contribution < 1.29 is 5.11 Å². The lowest BCUT2D eigenvalue weighted by Crippen LogP contribution is -1.86. The summed E-state index contributed by atoms with van der Waals surface area (Å²) in [6.45, 7) is -0.0413. The van der Waals surface area contributed by atoms with Crippen LogP contribution in [0.25, 0.3) is 22.4 Å². The Balaban J connectivity index is 2.11. The molecule has 0 aliphatic heterocycles. The highest BCUT2D eigenvalue weighted by atomic mass is 16.3. The van der Waals surface area contributed by atoms with Crippen LogP contribution in [0, 0.1) is 0 Å². The van der Waals surface area contributed by atoms with Crippen LogP contribution < -0.4 is 0 Å². The predicted molar refractivity (Wildman–Crippen MR) is 63.0 cm³/mol. The maximum atomic E-state index is 8.98. The van der Waals surface area contributed by atoms with Gasteiger partial charge in [0.25, 0.3) is 0 Å². The van der Waals surface area contributed by atoms with Crippen LogP contribution in [0.5, 0.6) is 0 Å². The Kier molecular flexibility index (Phi) is 2.31. The van der Waals surface area contributed by atoms with Gasteiger partial charge in [-0.2, -0.15) is 0 Å². The summed E-state index contributed by atoms with van der Waals surface area (Å²) < 4.78 is 0. The summed E-state index contributed by atoms with van der Waals surface area (Å²) in [5.74, 6) is 0.724. The highest BCUT2D eigenvalue weighted by Crippen LogP contribution is 2.19. The molecule has 2 aromatic heterocycles. The Morgan fingerprint density at radius 3 is 2.65 bits per heavy atom. The number of aromatic amines is 1. The molecule has 0 spiro atoms. The second-order valence-corrected chi connectivity index (χ2v) is 3.67. The van der Waals surface area contributed by atoms with E-state index in [0.29, 0.717) is 5.69 Å². The first kappa shape index (κ1) is 9.92. The van der Waals surface area contributed by atoms with Crippen LogP contribution in [0.15, 0.2) is 36.8 Å². The number of imidazole rings is 1. The molecule has 0 bridgehead atoms. The second kappa shape index (κ2) is 3.95. The van der Waals surface area contributed by atoms with Crippen molar-refractivity contribution >= 4 is 11.0 Å². The van der Waals surface area contributed by atoms with Gasteiger partial charge in [-0.1, -0.05) is 0 Å². The van der Waals surface area contributed by atoms with Gasteiger partial charge < -0.3 is 10.1 Å². The fourth-order valence-electron chi connectivity index (χ4n) is 1.70. The molecule has 0 aliphatic rings. The van der Waals surface area contributed by atoms with Gasteiger partial charge in [-0.3, -0.25) is 9.97 Å². The largest absolute Gasteiger partial charge is 0.390 e. The molecule has 84 valence electrons. The van der Waals surface area contributed by atoms with Gasteiger partial charge in [0.05, 0.1) is 29.5 Å². The van der Waals surface area contributed by atoms with Gasteiger partial charge in [0.1, 0.15) is 5.82 Å². The maximum Gasteiger partial charge on any atom is 0.137 e. The highest BCUT2D eigenvalue weighted by molar-refractivity contribution is 5.79. The smallest absolute Gasteiger partial charge is 0.137 e. The molecular weight excluding hydrogens is 216 g/mol. The minimum absolute atomic E-state index is 0.0413. The Bertz CT molecular complexity index is 662. The van der Waals surface area contributed by atoms with Crippen LogP contribution >= 0.6 is 0 Å². The van der Waals surface area contributed by atoms with E-state index in [9.17, 15) is 0 Å². The van der Waals surface area contributed by atoms with E-state index in [-0.39, 0.29) is 6.61 Å². The number of aliphatic hydroxyl groups excluding tert-OH is 1. The molecule has 0 saturated carbocycles. The maximum absolute atomic E-state index is 8.98. The predicted octanol–water partition coefficient (Wildman–Crippen LogP) is 1.51. The molecule has 5 nitrogen and oxygen atoms in total. The number of hydrogen-bond acceptors (Lipinski definition) is 4. The quantitative estimate of drug-likeness (QED) is 0.694. The van der Waals surface area contributed by atoms with Crippen LogP contribution in [0.1, 0.15) is 5.69 Å². The average Bonchev–Trinajstić information content (AvgIpc) is 2.87. The number of aromatic nitrogens is 4. The summed E-state index contributed by atoms with van der Waals surface area (Å²) in [6, 6.07) is 5.75. The second-order valence-electron chi connectivity index (χ2n) is 3.67. The van der Waals surface area contributed by atoms with Gasteiger partial charge in [-0.05, 0) is 18.2 Å². The van der Waals surface area contributed by atoms with E-state index < -0.39 is 0 Å². The standard InChI is InChI=1S/C12H10N4O/c17-7-9-6-15-12(16-9)8-1-2-10-11(5-8)14-4-3-13-10/h1-6,17H,7H2,(H,15,16). The van der Waals surface area contributed by atoms with E-state index in [1.807, 2.05) is 18.2 Å². The number of aliphatic hydroxyl groups is 1. The van der Waals surface area contributed by atoms with Crippen molar-refractivity contribution in [1.82, 2.24) is 19.9 Å².